The number of rotatable bonds is 4. The smallest absolute Gasteiger partial charge is 0.247 e. The molecule has 1 aliphatic heterocycles. The number of nitrogens with one attached hydrogen (secondary N) is 1. The lowest BCUT2D eigenvalue weighted by molar-refractivity contribution is 0.194. The van der Waals surface area contributed by atoms with Gasteiger partial charge in [0, 0.05) is 22.0 Å². The van der Waals surface area contributed by atoms with Gasteiger partial charge in [-0.3, -0.25) is 0 Å². The van der Waals surface area contributed by atoms with Gasteiger partial charge < -0.3 is 14.5 Å². The maximum Gasteiger partial charge on any atom is 0.247 e. The van der Waals surface area contributed by atoms with Gasteiger partial charge in [-0.2, -0.15) is 4.98 Å². The standard InChI is InChI=1S/C22H17ClN4O2S/c1-13-6-11-18(28-13)20-24-17-5-3-2-4-16(17)19-21(29-20)25-22(27-26-19)30-12-14-7-9-15(23)10-8-14/h2-11,20,24H,12H2,1H3/t20-/m1/s1. The van der Waals surface area contributed by atoms with E-state index in [9.17, 15) is 0 Å². The summed E-state index contributed by atoms with van der Waals surface area (Å²) >= 11 is 7.45. The highest BCUT2D eigenvalue weighted by atomic mass is 35.5. The fourth-order valence-electron chi connectivity index (χ4n) is 3.16. The minimum Gasteiger partial charge on any atom is -0.460 e. The number of hydrogen-bond donors (Lipinski definition) is 1. The Balaban J connectivity index is 1.47. The lowest BCUT2D eigenvalue weighted by Crippen LogP contribution is -2.16. The number of thioether (sulfide) groups is 1. The van der Waals surface area contributed by atoms with Crippen molar-refractivity contribution in [2.45, 2.75) is 24.1 Å². The predicted molar refractivity (Wildman–Crippen MR) is 117 cm³/mol. The number of aryl methyl sites for hydroxylation is 1. The molecule has 4 aromatic rings. The lowest BCUT2D eigenvalue weighted by Gasteiger charge is -2.16. The van der Waals surface area contributed by atoms with Crippen molar-refractivity contribution >= 4 is 29.1 Å². The molecule has 8 heteroatoms. The maximum absolute atomic E-state index is 6.20. The lowest BCUT2D eigenvalue weighted by atomic mass is 10.1. The molecule has 3 heterocycles. The molecule has 0 fully saturated rings. The Labute approximate surface area is 182 Å². The molecular formula is C22H17ClN4O2S. The van der Waals surface area contributed by atoms with Crippen molar-refractivity contribution in [2.24, 2.45) is 0 Å². The monoisotopic (exact) mass is 436 g/mol. The van der Waals surface area contributed by atoms with Crippen LogP contribution in [0.15, 0.2) is 70.2 Å². The molecule has 0 radical (unpaired) electrons. The van der Waals surface area contributed by atoms with Crippen LogP contribution in [0.25, 0.3) is 11.3 Å². The molecule has 2 aromatic carbocycles. The number of fused-ring (bicyclic) bond motifs is 3. The summed E-state index contributed by atoms with van der Waals surface area (Å²) in [4.78, 5) is 4.65. The zero-order valence-electron chi connectivity index (χ0n) is 16.0. The maximum atomic E-state index is 6.20. The van der Waals surface area contributed by atoms with E-state index in [4.69, 9.17) is 20.8 Å². The number of nitrogens with zero attached hydrogens (tertiary/aromatic N) is 3. The number of furan rings is 1. The molecule has 1 aliphatic rings. The number of aromatic nitrogens is 3. The zero-order valence-corrected chi connectivity index (χ0v) is 17.6. The van der Waals surface area contributed by atoms with Crippen LogP contribution in [0.5, 0.6) is 5.88 Å². The molecule has 5 rings (SSSR count). The first-order chi connectivity index (χ1) is 14.7. The number of benzene rings is 2. The molecule has 1 N–H and O–H groups in total. The van der Waals surface area contributed by atoms with E-state index in [0.717, 1.165) is 22.6 Å². The molecular weight excluding hydrogens is 420 g/mol. The van der Waals surface area contributed by atoms with E-state index in [-0.39, 0.29) is 0 Å². The third-order valence-electron chi connectivity index (χ3n) is 4.63. The van der Waals surface area contributed by atoms with E-state index >= 15 is 0 Å². The predicted octanol–water partition coefficient (Wildman–Crippen LogP) is 5.89. The van der Waals surface area contributed by atoms with Gasteiger partial charge in [0.2, 0.25) is 17.3 Å². The van der Waals surface area contributed by atoms with Gasteiger partial charge in [0.1, 0.15) is 5.76 Å². The summed E-state index contributed by atoms with van der Waals surface area (Å²) in [6.07, 6.45) is -0.521. The van der Waals surface area contributed by atoms with E-state index in [0.29, 0.717) is 33.3 Å². The SMILES string of the molecule is Cc1ccc([C@@H]2Nc3ccccc3-c3nnc(SCc4ccc(Cl)cc4)nc3O2)o1. The van der Waals surface area contributed by atoms with Crippen LogP contribution >= 0.6 is 23.4 Å². The highest BCUT2D eigenvalue weighted by Gasteiger charge is 2.27. The van der Waals surface area contributed by atoms with E-state index < -0.39 is 6.23 Å². The average molecular weight is 437 g/mol. The van der Waals surface area contributed by atoms with Crippen molar-refractivity contribution in [1.82, 2.24) is 15.2 Å². The van der Waals surface area contributed by atoms with Gasteiger partial charge in [0.05, 0.1) is 0 Å². The van der Waals surface area contributed by atoms with Crippen LogP contribution in [0.3, 0.4) is 0 Å². The highest BCUT2D eigenvalue weighted by molar-refractivity contribution is 7.98. The number of hydrogen-bond acceptors (Lipinski definition) is 7. The molecule has 30 heavy (non-hydrogen) atoms. The van der Waals surface area contributed by atoms with Crippen LogP contribution in [0.1, 0.15) is 23.3 Å². The van der Waals surface area contributed by atoms with Crippen molar-refractivity contribution in [3.8, 4) is 17.1 Å². The fourth-order valence-corrected chi connectivity index (χ4v) is 4.02. The summed E-state index contributed by atoms with van der Waals surface area (Å²) in [5.41, 5.74) is 3.49. The number of anilines is 1. The summed E-state index contributed by atoms with van der Waals surface area (Å²) in [6.45, 7) is 1.90. The van der Waals surface area contributed by atoms with Gasteiger partial charge in [0.25, 0.3) is 0 Å². The van der Waals surface area contributed by atoms with E-state index in [1.165, 1.54) is 11.8 Å². The Morgan fingerprint density at radius 1 is 1.03 bits per heavy atom. The van der Waals surface area contributed by atoms with Gasteiger partial charge in [-0.25, -0.2) is 0 Å². The largest absolute Gasteiger partial charge is 0.460 e. The summed E-state index contributed by atoms with van der Waals surface area (Å²) in [7, 11) is 0. The Hall–Kier alpha value is -3.03. The van der Waals surface area contributed by atoms with Crippen molar-refractivity contribution in [1.29, 1.82) is 0 Å². The number of para-hydroxylation sites is 1. The third kappa shape index (κ3) is 3.86. The van der Waals surface area contributed by atoms with Crippen molar-refractivity contribution < 1.29 is 9.15 Å². The van der Waals surface area contributed by atoms with Crippen LogP contribution in [0, 0.1) is 6.92 Å². The quantitative estimate of drug-likeness (QED) is 0.400. The summed E-state index contributed by atoms with van der Waals surface area (Å²) < 4.78 is 12.0. The van der Waals surface area contributed by atoms with Gasteiger partial charge in [-0.1, -0.05) is 53.7 Å². The second-order valence-electron chi connectivity index (χ2n) is 6.80. The first kappa shape index (κ1) is 19.0. The molecule has 0 saturated heterocycles. The van der Waals surface area contributed by atoms with Crippen molar-refractivity contribution in [3.63, 3.8) is 0 Å². The van der Waals surface area contributed by atoms with E-state index in [1.54, 1.807) is 0 Å². The Bertz CT molecular complexity index is 1200. The highest BCUT2D eigenvalue weighted by Crippen LogP contribution is 2.39. The Kier molecular flexibility index (Phi) is 5.06. The minimum atomic E-state index is -0.521. The van der Waals surface area contributed by atoms with E-state index in [1.807, 2.05) is 67.6 Å². The number of ether oxygens (including phenoxy) is 1. The van der Waals surface area contributed by atoms with Crippen LogP contribution in [-0.2, 0) is 5.75 Å². The van der Waals surface area contributed by atoms with Gasteiger partial charge in [-0.05, 0) is 42.8 Å². The first-order valence-corrected chi connectivity index (χ1v) is 10.7. The molecule has 6 nitrogen and oxygen atoms in total. The summed E-state index contributed by atoms with van der Waals surface area (Å²) in [6, 6.07) is 19.4. The van der Waals surface area contributed by atoms with E-state index in [2.05, 4.69) is 20.5 Å². The molecule has 1 atom stereocenters. The second kappa shape index (κ2) is 8.01. The molecule has 2 aromatic heterocycles. The molecule has 0 amide bonds. The summed E-state index contributed by atoms with van der Waals surface area (Å²) in [5.74, 6) is 2.60. The van der Waals surface area contributed by atoms with Crippen LogP contribution in [0.2, 0.25) is 5.02 Å². The summed E-state index contributed by atoms with van der Waals surface area (Å²) in [5, 5.41) is 13.4. The minimum absolute atomic E-state index is 0.417. The molecule has 0 unspecified atom stereocenters. The molecule has 0 saturated carbocycles. The third-order valence-corrected chi connectivity index (χ3v) is 5.80. The first-order valence-electron chi connectivity index (χ1n) is 9.36. The van der Waals surface area contributed by atoms with Gasteiger partial charge >= 0.3 is 0 Å². The molecule has 0 bridgehead atoms. The molecule has 0 spiro atoms. The second-order valence-corrected chi connectivity index (χ2v) is 8.18. The van der Waals surface area contributed by atoms with Crippen LogP contribution in [0.4, 0.5) is 5.69 Å². The molecule has 0 aliphatic carbocycles. The Morgan fingerprint density at radius 2 is 1.87 bits per heavy atom. The zero-order chi connectivity index (χ0) is 20.5. The van der Waals surface area contributed by atoms with Crippen LogP contribution < -0.4 is 10.1 Å². The van der Waals surface area contributed by atoms with Crippen molar-refractivity contribution in [3.05, 3.63) is 82.8 Å². The Morgan fingerprint density at radius 3 is 2.67 bits per heavy atom. The van der Waals surface area contributed by atoms with Crippen LogP contribution in [-0.4, -0.2) is 15.2 Å². The topological polar surface area (TPSA) is 73.1 Å². The normalized spacial score (nSPS) is 14.8. The van der Waals surface area contributed by atoms with Gasteiger partial charge in [-0.15, -0.1) is 10.2 Å². The van der Waals surface area contributed by atoms with Crippen molar-refractivity contribution in [2.75, 3.05) is 5.32 Å². The van der Waals surface area contributed by atoms with Gasteiger partial charge in [0.15, 0.2) is 11.5 Å². The number of halogens is 1. The fraction of sp³-hybridized carbons (Fsp3) is 0.136. The average Bonchev–Trinajstić information content (AvgIpc) is 3.12. The molecule has 150 valence electrons.